The predicted octanol–water partition coefficient (Wildman–Crippen LogP) is 1.17. The van der Waals surface area contributed by atoms with E-state index in [1.165, 1.54) is 12.8 Å². The average molecular weight is 202 g/mol. The number of H-pyrrole nitrogens is 2. The lowest BCUT2D eigenvalue weighted by Crippen LogP contribution is -2.27. The van der Waals surface area contributed by atoms with Crippen molar-refractivity contribution in [2.75, 3.05) is 6.54 Å². The Morgan fingerprint density at radius 2 is 2.15 bits per heavy atom. The first-order chi connectivity index (χ1) is 6.27. The predicted molar refractivity (Wildman–Crippen MR) is 51.0 cm³/mol. The summed E-state index contributed by atoms with van der Waals surface area (Å²) in [6, 6.07) is 0.209. The molecule has 1 aromatic heterocycles. The van der Waals surface area contributed by atoms with Gasteiger partial charge in [-0.2, -0.15) is 0 Å². The lowest BCUT2D eigenvalue weighted by Gasteiger charge is -2.22. The summed E-state index contributed by atoms with van der Waals surface area (Å²) in [6.07, 6.45) is 3.41. The molecular formula is C8H12ClN3O. The second-order valence-corrected chi connectivity index (χ2v) is 3.69. The smallest absolute Gasteiger partial charge is 0.309 e. The Balaban J connectivity index is 2.23. The van der Waals surface area contributed by atoms with Crippen LogP contribution in [0.25, 0.3) is 0 Å². The van der Waals surface area contributed by atoms with E-state index in [0.29, 0.717) is 5.15 Å². The minimum atomic E-state index is -0.229. The van der Waals surface area contributed by atoms with Crippen molar-refractivity contribution in [3.8, 4) is 0 Å². The Hall–Kier alpha value is -0.740. The normalized spacial score (nSPS) is 23.3. The van der Waals surface area contributed by atoms with E-state index in [2.05, 4.69) is 15.3 Å². The van der Waals surface area contributed by atoms with E-state index in [4.69, 9.17) is 11.6 Å². The molecule has 1 saturated heterocycles. The van der Waals surface area contributed by atoms with Gasteiger partial charge in [0, 0.05) is 0 Å². The second kappa shape index (κ2) is 3.55. The Bertz CT molecular complexity index is 337. The summed E-state index contributed by atoms with van der Waals surface area (Å²) in [7, 11) is 0. The van der Waals surface area contributed by atoms with Crippen molar-refractivity contribution in [2.24, 2.45) is 0 Å². The van der Waals surface area contributed by atoms with Gasteiger partial charge in [0.1, 0.15) is 5.15 Å². The van der Waals surface area contributed by atoms with Crippen LogP contribution in [0.5, 0.6) is 0 Å². The number of halogens is 1. The summed E-state index contributed by atoms with van der Waals surface area (Å²) in [4.78, 5) is 16.2. The number of rotatable bonds is 1. The summed E-state index contributed by atoms with van der Waals surface area (Å²) in [6.45, 7) is 0.994. The molecule has 4 nitrogen and oxygen atoms in total. The maximum absolute atomic E-state index is 10.9. The molecule has 3 N–H and O–H groups in total. The quantitative estimate of drug-likeness (QED) is 0.639. The molecule has 1 unspecified atom stereocenters. The van der Waals surface area contributed by atoms with Crippen molar-refractivity contribution in [3.05, 3.63) is 21.3 Å². The molecular weight excluding hydrogens is 190 g/mol. The maximum atomic E-state index is 10.9. The van der Waals surface area contributed by atoms with Crippen LogP contribution in [-0.4, -0.2) is 16.5 Å². The van der Waals surface area contributed by atoms with Gasteiger partial charge in [-0.25, -0.2) is 4.79 Å². The van der Waals surface area contributed by atoms with Gasteiger partial charge in [-0.3, -0.25) is 4.98 Å². The number of piperidine rings is 1. The standard InChI is InChI=1S/C8H12ClN3O/c9-7-6(11-8(13)12-7)5-3-1-2-4-10-5/h5,10H,1-4H2,(H2,11,12,13). The molecule has 72 valence electrons. The molecule has 13 heavy (non-hydrogen) atoms. The molecule has 1 fully saturated rings. The SMILES string of the molecule is O=c1[nH]c(Cl)c(C2CCCCN2)[nH]1. The fourth-order valence-electron chi connectivity index (χ4n) is 1.71. The van der Waals surface area contributed by atoms with Crippen molar-refractivity contribution in [1.82, 2.24) is 15.3 Å². The fourth-order valence-corrected chi connectivity index (χ4v) is 1.98. The summed E-state index contributed by atoms with van der Waals surface area (Å²) >= 11 is 5.85. The molecule has 1 aliphatic heterocycles. The minimum absolute atomic E-state index is 0.209. The summed E-state index contributed by atoms with van der Waals surface area (Å²) in [5.74, 6) is 0. The van der Waals surface area contributed by atoms with E-state index in [1.54, 1.807) is 0 Å². The molecule has 0 amide bonds. The average Bonchev–Trinajstić information content (AvgIpc) is 2.47. The van der Waals surface area contributed by atoms with Gasteiger partial charge in [-0.1, -0.05) is 18.0 Å². The summed E-state index contributed by atoms with van der Waals surface area (Å²) < 4.78 is 0. The van der Waals surface area contributed by atoms with E-state index in [-0.39, 0.29) is 11.7 Å². The third-order valence-corrected chi connectivity index (χ3v) is 2.66. The minimum Gasteiger partial charge on any atom is -0.309 e. The molecule has 5 heteroatoms. The molecule has 0 aliphatic carbocycles. The zero-order valence-electron chi connectivity index (χ0n) is 7.19. The largest absolute Gasteiger partial charge is 0.324 e. The van der Waals surface area contributed by atoms with E-state index in [1.807, 2.05) is 0 Å². The van der Waals surface area contributed by atoms with Gasteiger partial charge >= 0.3 is 5.69 Å². The van der Waals surface area contributed by atoms with Crippen LogP contribution in [-0.2, 0) is 0 Å². The third-order valence-electron chi connectivity index (χ3n) is 2.37. The van der Waals surface area contributed by atoms with Gasteiger partial charge in [0.25, 0.3) is 0 Å². The number of imidazole rings is 1. The number of hydrogen-bond donors (Lipinski definition) is 3. The van der Waals surface area contributed by atoms with Crippen LogP contribution in [0.15, 0.2) is 4.79 Å². The molecule has 1 aliphatic rings. The first-order valence-electron chi connectivity index (χ1n) is 4.48. The van der Waals surface area contributed by atoms with Crippen molar-refractivity contribution in [1.29, 1.82) is 0 Å². The molecule has 1 atom stereocenters. The summed E-state index contributed by atoms with van der Waals surface area (Å²) in [5, 5.41) is 3.75. The lowest BCUT2D eigenvalue weighted by molar-refractivity contribution is 0.406. The summed E-state index contributed by atoms with van der Waals surface area (Å²) in [5.41, 5.74) is 0.568. The maximum Gasteiger partial charge on any atom is 0.324 e. The number of aromatic nitrogens is 2. The monoisotopic (exact) mass is 201 g/mol. The van der Waals surface area contributed by atoms with Crippen LogP contribution in [0.2, 0.25) is 5.15 Å². The zero-order chi connectivity index (χ0) is 9.26. The Morgan fingerprint density at radius 3 is 2.69 bits per heavy atom. The van der Waals surface area contributed by atoms with Crippen molar-refractivity contribution < 1.29 is 0 Å². The van der Waals surface area contributed by atoms with E-state index in [0.717, 1.165) is 18.7 Å². The van der Waals surface area contributed by atoms with Crippen LogP contribution in [0, 0.1) is 0 Å². The van der Waals surface area contributed by atoms with Gasteiger partial charge in [-0.05, 0) is 19.4 Å². The molecule has 0 spiro atoms. The highest BCUT2D eigenvalue weighted by Gasteiger charge is 2.19. The van der Waals surface area contributed by atoms with E-state index in [9.17, 15) is 4.79 Å². The molecule has 0 saturated carbocycles. The number of aromatic amines is 2. The van der Waals surface area contributed by atoms with E-state index >= 15 is 0 Å². The highest BCUT2D eigenvalue weighted by molar-refractivity contribution is 6.30. The van der Waals surface area contributed by atoms with E-state index < -0.39 is 0 Å². The highest BCUT2D eigenvalue weighted by atomic mass is 35.5. The van der Waals surface area contributed by atoms with Crippen LogP contribution in [0.4, 0.5) is 0 Å². The molecule has 0 aromatic carbocycles. The molecule has 2 rings (SSSR count). The van der Waals surface area contributed by atoms with Gasteiger partial charge in [0.15, 0.2) is 0 Å². The van der Waals surface area contributed by atoms with Crippen molar-refractivity contribution >= 4 is 11.6 Å². The highest BCUT2D eigenvalue weighted by Crippen LogP contribution is 2.24. The molecule has 0 bridgehead atoms. The molecule has 0 radical (unpaired) electrons. The first kappa shape index (κ1) is 8.84. The molecule has 1 aromatic rings. The lowest BCUT2D eigenvalue weighted by atomic mass is 10.0. The topological polar surface area (TPSA) is 60.7 Å². The third kappa shape index (κ3) is 1.78. The van der Waals surface area contributed by atoms with Gasteiger partial charge in [0.05, 0.1) is 11.7 Å². The second-order valence-electron chi connectivity index (χ2n) is 3.31. The fraction of sp³-hybridized carbons (Fsp3) is 0.625. The van der Waals surface area contributed by atoms with Crippen LogP contribution < -0.4 is 11.0 Å². The van der Waals surface area contributed by atoms with Crippen molar-refractivity contribution in [3.63, 3.8) is 0 Å². The Morgan fingerprint density at radius 1 is 1.31 bits per heavy atom. The van der Waals surface area contributed by atoms with Crippen LogP contribution >= 0.6 is 11.6 Å². The van der Waals surface area contributed by atoms with Crippen LogP contribution in [0.1, 0.15) is 31.0 Å². The number of nitrogens with one attached hydrogen (secondary N) is 3. The number of hydrogen-bond acceptors (Lipinski definition) is 2. The van der Waals surface area contributed by atoms with Gasteiger partial charge < -0.3 is 10.3 Å². The first-order valence-corrected chi connectivity index (χ1v) is 4.86. The Kier molecular flexibility index (Phi) is 2.42. The van der Waals surface area contributed by atoms with Crippen molar-refractivity contribution in [2.45, 2.75) is 25.3 Å². The zero-order valence-corrected chi connectivity index (χ0v) is 7.95. The van der Waals surface area contributed by atoms with Gasteiger partial charge in [0.2, 0.25) is 0 Å². The van der Waals surface area contributed by atoms with Crippen LogP contribution in [0.3, 0.4) is 0 Å². The molecule has 2 heterocycles. The Labute approximate surface area is 80.7 Å². The van der Waals surface area contributed by atoms with Gasteiger partial charge in [-0.15, -0.1) is 0 Å².